The van der Waals surface area contributed by atoms with Crippen molar-refractivity contribution in [1.29, 1.82) is 0 Å². The maximum absolute atomic E-state index is 5.80. The molecule has 2 heterocycles. The number of benzene rings is 1. The molecule has 0 radical (unpaired) electrons. The van der Waals surface area contributed by atoms with Crippen LogP contribution < -0.4 is 10.3 Å². The molecule has 1 aliphatic carbocycles. The smallest absolute Gasteiger partial charge is 0.168 e. The van der Waals surface area contributed by atoms with E-state index in [1.807, 2.05) is 6.21 Å². The van der Waals surface area contributed by atoms with Crippen molar-refractivity contribution >= 4 is 35.4 Å². The van der Waals surface area contributed by atoms with Gasteiger partial charge in [-0.05, 0) is 73.7 Å². The van der Waals surface area contributed by atoms with Crippen molar-refractivity contribution in [3.63, 3.8) is 0 Å². The minimum absolute atomic E-state index is 0.359. The van der Waals surface area contributed by atoms with Crippen LogP contribution in [0.15, 0.2) is 58.3 Å². The summed E-state index contributed by atoms with van der Waals surface area (Å²) < 4.78 is 5.59. The number of nitrogens with one attached hydrogen (secondary N) is 1. The van der Waals surface area contributed by atoms with Crippen LogP contribution in [-0.4, -0.2) is 60.7 Å². The molecule has 1 N–H and O–H groups in total. The van der Waals surface area contributed by atoms with Crippen molar-refractivity contribution in [2.75, 3.05) is 49.7 Å². The molecule has 1 aliphatic heterocycles. The van der Waals surface area contributed by atoms with Gasteiger partial charge < -0.3 is 14.5 Å². The minimum atomic E-state index is 0.359. The summed E-state index contributed by atoms with van der Waals surface area (Å²) in [7, 11) is 0. The van der Waals surface area contributed by atoms with Crippen molar-refractivity contribution in [1.82, 2.24) is 15.1 Å². The number of halogens is 1. The highest BCUT2D eigenvalue weighted by Gasteiger charge is 2.25. The highest BCUT2D eigenvalue weighted by molar-refractivity contribution is 6.29. The average Bonchev–Trinajstić information content (AvgIpc) is 3.25. The van der Waals surface area contributed by atoms with Gasteiger partial charge in [0.05, 0.1) is 19.4 Å². The Bertz CT molecular complexity index is 1010. The summed E-state index contributed by atoms with van der Waals surface area (Å²) in [5.41, 5.74) is 9.28. The Morgan fingerprint density at radius 1 is 1.06 bits per heavy atom. The van der Waals surface area contributed by atoms with Crippen molar-refractivity contribution in [2.24, 2.45) is 5.10 Å². The molecule has 1 aromatic carbocycles. The van der Waals surface area contributed by atoms with Crippen LogP contribution in [0, 0.1) is 0 Å². The second kappa shape index (κ2) is 11.3. The number of hydrogen-bond donors (Lipinski definition) is 1. The molecule has 0 atom stereocenters. The molecule has 0 amide bonds. The zero-order valence-electron chi connectivity index (χ0n) is 19.3. The Kier molecular flexibility index (Phi) is 7.96. The second-order valence-corrected chi connectivity index (χ2v) is 8.41. The topological polar surface area (TPSA) is 65.9 Å². The molecule has 174 valence electrons. The van der Waals surface area contributed by atoms with Gasteiger partial charge >= 0.3 is 0 Å². The molecule has 2 aromatic rings. The van der Waals surface area contributed by atoms with Crippen LogP contribution in [-0.2, 0) is 4.74 Å². The quantitative estimate of drug-likeness (QED) is 0.443. The van der Waals surface area contributed by atoms with Crippen LogP contribution in [0.25, 0.3) is 6.08 Å². The highest BCUT2D eigenvalue weighted by Crippen LogP contribution is 2.35. The Labute approximate surface area is 200 Å². The van der Waals surface area contributed by atoms with Gasteiger partial charge in [-0.2, -0.15) is 5.10 Å². The molecule has 1 aromatic heterocycles. The molecule has 0 spiro atoms. The third-order valence-electron chi connectivity index (χ3n) is 5.99. The monoisotopic (exact) mass is 466 g/mol. The second-order valence-electron chi connectivity index (χ2n) is 8.02. The Morgan fingerprint density at radius 3 is 2.48 bits per heavy atom. The van der Waals surface area contributed by atoms with Crippen LogP contribution in [0.2, 0.25) is 5.15 Å². The lowest BCUT2D eigenvalue weighted by Gasteiger charge is -2.31. The zero-order chi connectivity index (χ0) is 23.0. The van der Waals surface area contributed by atoms with Gasteiger partial charge in [-0.1, -0.05) is 23.7 Å². The Balaban J connectivity index is 1.57. The first kappa shape index (κ1) is 23.3. The van der Waals surface area contributed by atoms with Gasteiger partial charge in [0.1, 0.15) is 0 Å². The van der Waals surface area contributed by atoms with Crippen molar-refractivity contribution in [3.05, 3.63) is 64.0 Å². The Hall–Kier alpha value is -2.90. The fourth-order valence-corrected chi connectivity index (χ4v) is 4.40. The van der Waals surface area contributed by atoms with E-state index in [1.165, 1.54) is 28.1 Å². The molecule has 2 aliphatic rings. The van der Waals surface area contributed by atoms with Crippen molar-refractivity contribution < 1.29 is 4.74 Å². The number of rotatable bonds is 8. The van der Waals surface area contributed by atoms with E-state index >= 15 is 0 Å². The molecular formula is C25H31ClN6O. The first-order valence-corrected chi connectivity index (χ1v) is 12.0. The summed E-state index contributed by atoms with van der Waals surface area (Å²) in [5.74, 6) is 0.561. The van der Waals surface area contributed by atoms with Gasteiger partial charge in [-0.3, -0.25) is 5.43 Å². The molecule has 1 saturated heterocycles. The first-order chi connectivity index (χ1) is 16.2. The van der Waals surface area contributed by atoms with E-state index in [1.54, 1.807) is 12.1 Å². The molecule has 0 saturated carbocycles. The van der Waals surface area contributed by atoms with Gasteiger partial charge in [0, 0.05) is 37.6 Å². The Morgan fingerprint density at radius 2 is 1.82 bits per heavy atom. The van der Waals surface area contributed by atoms with E-state index < -0.39 is 0 Å². The van der Waals surface area contributed by atoms with E-state index in [4.69, 9.17) is 16.3 Å². The van der Waals surface area contributed by atoms with Crippen LogP contribution >= 0.6 is 11.6 Å². The van der Waals surface area contributed by atoms with Gasteiger partial charge in [0.2, 0.25) is 0 Å². The lowest BCUT2D eigenvalue weighted by atomic mass is 10.1. The molecule has 0 unspecified atom stereocenters. The number of allylic oxidation sites excluding steroid dienone is 2. The number of hydrogen-bond acceptors (Lipinski definition) is 7. The van der Waals surface area contributed by atoms with Crippen molar-refractivity contribution in [3.8, 4) is 0 Å². The normalized spacial score (nSPS) is 17.9. The minimum Gasteiger partial charge on any atom is -0.378 e. The van der Waals surface area contributed by atoms with Gasteiger partial charge in [-0.15, -0.1) is 10.2 Å². The summed E-state index contributed by atoms with van der Waals surface area (Å²) in [6.45, 7) is 9.68. The van der Waals surface area contributed by atoms with Gasteiger partial charge in [-0.25, -0.2) is 0 Å². The molecule has 33 heavy (non-hydrogen) atoms. The SMILES string of the molecule is CCN(CC)c1ccc(C=C2CCC(C=NNc3ccc(Cl)nn3)=C2N2CCOCC2)cc1. The maximum atomic E-state index is 5.80. The first-order valence-electron chi connectivity index (χ1n) is 11.6. The summed E-state index contributed by atoms with van der Waals surface area (Å²) >= 11 is 5.80. The standard InChI is InChI=1S/C25H31ClN6O/c1-3-31(4-2)22-9-5-19(6-10-22)17-20-7-8-21(25(20)32-13-15-33-16-14-32)18-27-29-24-12-11-23(26)28-30-24/h5-6,9-12,17-18H,3-4,7-8,13-16H2,1-2H3,(H,29,30). The van der Waals surface area contributed by atoms with Gasteiger partial charge in [0.15, 0.2) is 11.0 Å². The highest BCUT2D eigenvalue weighted by atomic mass is 35.5. The van der Waals surface area contributed by atoms with E-state index in [0.717, 1.165) is 52.2 Å². The fraction of sp³-hybridized carbons (Fsp3) is 0.400. The summed E-state index contributed by atoms with van der Waals surface area (Å²) in [5, 5.41) is 12.6. The number of hydrazone groups is 1. The number of ether oxygens (including phenoxy) is 1. The predicted molar refractivity (Wildman–Crippen MR) is 136 cm³/mol. The third-order valence-corrected chi connectivity index (χ3v) is 6.19. The number of aromatic nitrogens is 2. The summed E-state index contributed by atoms with van der Waals surface area (Å²) in [4.78, 5) is 4.79. The van der Waals surface area contributed by atoms with Crippen molar-refractivity contribution in [2.45, 2.75) is 26.7 Å². The van der Waals surface area contributed by atoms with E-state index in [9.17, 15) is 0 Å². The lowest BCUT2D eigenvalue weighted by Crippen LogP contribution is -2.36. The van der Waals surface area contributed by atoms with E-state index in [0.29, 0.717) is 11.0 Å². The van der Waals surface area contributed by atoms with Crippen LogP contribution in [0.3, 0.4) is 0 Å². The number of anilines is 2. The zero-order valence-corrected chi connectivity index (χ0v) is 20.1. The predicted octanol–water partition coefficient (Wildman–Crippen LogP) is 4.84. The van der Waals surface area contributed by atoms with Crippen LogP contribution in [0.4, 0.5) is 11.5 Å². The van der Waals surface area contributed by atoms with Crippen LogP contribution in [0.1, 0.15) is 32.3 Å². The molecule has 8 heteroatoms. The summed E-state index contributed by atoms with van der Waals surface area (Å²) in [6.07, 6.45) is 6.17. The van der Waals surface area contributed by atoms with E-state index in [-0.39, 0.29) is 0 Å². The molecule has 1 fully saturated rings. The molecule has 4 rings (SSSR count). The molecular weight excluding hydrogens is 436 g/mol. The lowest BCUT2D eigenvalue weighted by molar-refractivity contribution is 0.0548. The average molecular weight is 467 g/mol. The van der Waals surface area contributed by atoms with E-state index in [2.05, 4.69) is 74.7 Å². The summed E-state index contributed by atoms with van der Waals surface area (Å²) in [6, 6.07) is 12.3. The maximum Gasteiger partial charge on any atom is 0.168 e. The molecule has 7 nitrogen and oxygen atoms in total. The third kappa shape index (κ3) is 5.92. The largest absolute Gasteiger partial charge is 0.378 e. The molecule has 0 bridgehead atoms. The van der Waals surface area contributed by atoms with Crippen LogP contribution in [0.5, 0.6) is 0 Å². The number of nitrogens with zero attached hydrogens (tertiary/aromatic N) is 5. The van der Waals surface area contributed by atoms with Gasteiger partial charge in [0.25, 0.3) is 0 Å². The fourth-order valence-electron chi connectivity index (χ4n) is 4.29. The number of morpholine rings is 1.